The van der Waals surface area contributed by atoms with E-state index in [-0.39, 0.29) is 0 Å². The van der Waals surface area contributed by atoms with E-state index in [2.05, 4.69) is 55.7 Å². The quantitative estimate of drug-likeness (QED) is 0.877. The summed E-state index contributed by atoms with van der Waals surface area (Å²) in [5, 5.41) is 3.47. The van der Waals surface area contributed by atoms with Crippen LogP contribution in [-0.2, 0) is 0 Å². The number of nitrogens with zero attached hydrogens (tertiary/aromatic N) is 2. The molecule has 1 aliphatic carbocycles. The van der Waals surface area contributed by atoms with Crippen molar-refractivity contribution in [2.45, 2.75) is 66.0 Å². The number of rotatable bonds is 3. The first-order chi connectivity index (χ1) is 8.47. The number of imidazole rings is 1. The maximum Gasteiger partial charge on any atom is 0.203 e. The van der Waals surface area contributed by atoms with Crippen molar-refractivity contribution in [3.63, 3.8) is 0 Å². The Morgan fingerprint density at radius 3 is 2.61 bits per heavy atom. The Bertz CT molecular complexity index is 394. The summed E-state index contributed by atoms with van der Waals surface area (Å²) in [6, 6.07) is 1.06. The molecular formula is C15H27N3. The van der Waals surface area contributed by atoms with Gasteiger partial charge in [0.05, 0.1) is 5.69 Å². The molecule has 0 spiro atoms. The van der Waals surface area contributed by atoms with Crippen LogP contribution in [0, 0.1) is 18.8 Å². The summed E-state index contributed by atoms with van der Waals surface area (Å²) in [5.74, 6) is 2.74. The Kier molecular flexibility index (Phi) is 3.98. The van der Waals surface area contributed by atoms with Crippen molar-refractivity contribution in [2.24, 2.45) is 11.8 Å². The molecule has 0 aromatic carbocycles. The van der Waals surface area contributed by atoms with Gasteiger partial charge in [-0.3, -0.25) is 0 Å². The minimum Gasteiger partial charge on any atom is -0.353 e. The van der Waals surface area contributed by atoms with Gasteiger partial charge in [0, 0.05) is 18.3 Å². The highest BCUT2D eigenvalue weighted by Gasteiger charge is 2.27. The monoisotopic (exact) mass is 249 g/mol. The van der Waals surface area contributed by atoms with Crippen molar-refractivity contribution in [3.05, 3.63) is 11.9 Å². The van der Waals surface area contributed by atoms with Crippen molar-refractivity contribution in [3.8, 4) is 0 Å². The molecule has 1 aromatic heterocycles. The van der Waals surface area contributed by atoms with Crippen LogP contribution in [0.15, 0.2) is 6.20 Å². The van der Waals surface area contributed by atoms with Crippen LogP contribution in [0.25, 0.3) is 0 Å². The molecule has 0 radical (unpaired) electrons. The van der Waals surface area contributed by atoms with E-state index in [0.717, 1.165) is 23.5 Å². The van der Waals surface area contributed by atoms with Crippen LogP contribution in [0.1, 0.15) is 58.7 Å². The summed E-state index contributed by atoms with van der Waals surface area (Å²) in [4.78, 5) is 4.62. The number of hydrogen-bond acceptors (Lipinski definition) is 2. The fraction of sp³-hybridized carbons (Fsp3) is 0.800. The first kappa shape index (κ1) is 13.4. The molecule has 3 nitrogen and oxygen atoms in total. The van der Waals surface area contributed by atoms with Gasteiger partial charge >= 0.3 is 0 Å². The number of anilines is 1. The number of nitrogens with one attached hydrogen (secondary N) is 1. The highest BCUT2D eigenvalue weighted by molar-refractivity contribution is 5.30. The largest absolute Gasteiger partial charge is 0.353 e. The molecular weight excluding hydrogens is 222 g/mol. The summed E-state index contributed by atoms with van der Waals surface area (Å²) in [6.07, 6.45) is 6.11. The van der Waals surface area contributed by atoms with Gasteiger partial charge in [0.1, 0.15) is 0 Å². The molecule has 1 fully saturated rings. The molecule has 1 saturated carbocycles. The average molecular weight is 249 g/mol. The first-order valence-electron chi connectivity index (χ1n) is 7.29. The molecule has 3 heteroatoms. The lowest BCUT2D eigenvalue weighted by molar-refractivity contribution is 0.212. The van der Waals surface area contributed by atoms with E-state index in [4.69, 9.17) is 0 Å². The fourth-order valence-electron chi connectivity index (χ4n) is 2.93. The van der Waals surface area contributed by atoms with Crippen molar-refractivity contribution < 1.29 is 0 Å². The van der Waals surface area contributed by atoms with Crippen molar-refractivity contribution in [2.75, 3.05) is 5.32 Å². The smallest absolute Gasteiger partial charge is 0.203 e. The fourth-order valence-corrected chi connectivity index (χ4v) is 2.93. The third kappa shape index (κ3) is 2.88. The molecule has 1 heterocycles. The van der Waals surface area contributed by atoms with Gasteiger partial charge in [0.15, 0.2) is 0 Å². The van der Waals surface area contributed by atoms with E-state index < -0.39 is 0 Å². The van der Waals surface area contributed by atoms with Crippen molar-refractivity contribution in [1.82, 2.24) is 9.55 Å². The van der Waals surface area contributed by atoms with E-state index in [0.29, 0.717) is 12.1 Å². The highest BCUT2D eigenvalue weighted by atomic mass is 15.2. The number of aryl methyl sites for hydroxylation is 1. The molecule has 0 amide bonds. The standard InChI is InChI=1S/C15H27N3/c1-10(2)16-15-17-13(5)9-18(15)14-7-6-11(3)12(4)8-14/h9-12,14H,6-8H2,1-5H3,(H,16,17). The Hall–Kier alpha value is -0.990. The molecule has 0 aliphatic heterocycles. The molecule has 102 valence electrons. The van der Waals surface area contributed by atoms with Gasteiger partial charge in [-0.2, -0.15) is 0 Å². The van der Waals surface area contributed by atoms with Gasteiger partial charge in [0.2, 0.25) is 5.95 Å². The normalized spacial score (nSPS) is 28.7. The Morgan fingerprint density at radius 2 is 2.00 bits per heavy atom. The third-order valence-corrected chi connectivity index (χ3v) is 4.23. The molecule has 1 aromatic rings. The van der Waals surface area contributed by atoms with E-state index in [1.807, 2.05) is 0 Å². The molecule has 1 aliphatic rings. The molecule has 0 saturated heterocycles. The van der Waals surface area contributed by atoms with E-state index >= 15 is 0 Å². The van der Waals surface area contributed by atoms with Gasteiger partial charge in [0.25, 0.3) is 0 Å². The zero-order valence-corrected chi connectivity index (χ0v) is 12.4. The van der Waals surface area contributed by atoms with Gasteiger partial charge < -0.3 is 9.88 Å². The van der Waals surface area contributed by atoms with Crippen molar-refractivity contribution >= 4 is 5.95 Å². The van der Waals surface area contributed by atoms with Crippen LogP contribution in [-0.4, -0.2) is 15.6 Å². The predicted octanol–water partition coefficient (Wildman–Crippen LogP) is 4.01. The predicted molar refractivity (Wildman–Crippen MR) is 76.9 cm³/mol. The average Bonchev–Trinajstić information content (AvgIpc) is 2.62. The van der Waals surface area contributed by atoms with Gasteiger partial charge in [-0.05, 0) is 51.9 Å². The van der Waals surface area contributed by atoms with Crippen LogP contribution in [0.3, 0.4) is 0 Å². The lowest BCUT2D eigenvalue weighted by atomic mass is 9.79. The van der Waals surface area contributed by atoms with Gasteiger partial charge in [-0.25, -0.2) is 4.98 Å². The summed E-state index contributed by atoms with van der Waals surface area (Å²) in [7, 11) is 0. The molecule has 1 N–H and O–H groups in total. The maximum atomic E-state index is 4.62. The second kappa shape index (κ2) is 5.33. The van der Waals surface area contributed by atoms with Crippen molar-refractivity contribution in [1.29, 1.82) is 0 Å². The first-order valence-corrected chi connectivity index (χ1v) is 7.29. The van der Waals surface area contributed by atoms with E-state index in [1.165, 1.54) is 19.3 Å². The van der Waals surface area contributed by atoms with Gasteiger partial charge in [-0.15, -0.1) is 0 Å². The second-order valence-electron chi connectivity index (χ2n) is 6.33. The Morgan fingerprint density at radius 1 is 1.28 bits per heavy atom. The number of aromatic nitrogens is 2. The zero-order valence-electron chi connectivity index (χ0n) is 12.4. The third-order valence-electron chi connectivity index (χ3n) is 4.23. The Labute approximate surface area is 111 Å². The molecule has 2 rings (SSSR count). The van der Waals surface area contributed by atoms with Crippen LogP contribution in [0.2, 0.25) is 0 Å². The Balaban J connectivity index is 2.17. The van der Waals surface area contributed by atoms with E-state index in [9.17, 15) is 0 Å². The van der Waals surface area contributed by atoms with Gasteiger partial charge in [-0.1, -0.05) is 13.8 Å². The summed E-state index contributed by atoms with van der Waals surface area (Å²) in [5.41, 5.74) is 1.12. The molecule has 0 bridgehead atoms. The van der Waals surface area contributed by atoms with Crippen LogP contribution >= 0.6 is 0 Å². The second-order valence-corrected chi connectivity index (χ2v) is 6.33. The lowest BCUT2D eigenvalue weighted by Gasteiger charge is -2.33. The zero-order chi connectivity index (χ0) is 13.3. The minimum atomic E-state index is 0.436. The van der Waals surface area contributed by atoms with Crippen LogP contribution in [0.5, 0.6) is 0 Å². The SMILES string of the molecule is Cc1cn(C2CCC(C)C(C)C2)c(NC(C)C)n1. The van der Waals surface area contributed by atoms with E-state index in [1.54, 1.807) is 0 Å². The molecule has 3 atom stereocenters. The summed E-state index contributed by atoms with van der Waals surface area (Å²) in [6.45, 7) is 11.2. The number of hydrogen-bond donors (Lipinski definition) is 1. The lowest BCUT2D eigenvalue weighted by Crippen LogP contribution is -2.25. The molecule has 3 unspecified atom stereocenters. The van der Waals surface area contributed by atoms with Crippen LogP contribution in [0.4, 0.5) is 5.95 Å². The topological polar surface area (TPSA) is 29.9 Å². The summed E-state index contributed by atoms with van der Waals surface area (Å²) < 4.78 is 2.37. The summed E-state index contributed by atoms with van der Waals surface area (Å²) >= 11 is 0. The maximum absolute atomic E-state index is 4.62. The highest BCUT2D eigenvalue weighted by Crippen LogP contribution is 2.37. The van der Waals surface area contributed by atoms with Crippen LogP contribution < -0.4 is 5.32 Å². The molecule has 18 heavy (non-hydrogen) atoms. The minimum absolute atomic E-state index is 0.436.